The summed E-state index contributed by atoms with van der Waals surface area (Å²) in [4.78, 5) is 0. The average Bonchev–Trinajstić information content (AvgIpc) is 3.35. The van der Waals surface area contributed by atoms with Crippen LogP contribution in [0.4, 0.5) is 0 Å². The molecule has 0 atom stereocenters. The van der Waals surface area contributed by atoms with E-state index in [-0.39, 0.29) is 0 Å². The summed E-state index contributed by atoms with van der Waals surface area (Å²) in [6.45, 7) is 8.46. The summed E-state index contributed by atoms with van der Waals surface area (Å²) in [7, 11) is 0. The molecule has 0 amide bonds. The van der Waals surface area contributed by atoms with Crippen LogP contribution in [0.5, 0.6) is 0 Å². The fourth-order valence-electron chi connectivity index (χ4n) is 6.11. The van der Waals surface area contributed by atoms with Gasteiger partial charge in [-0.3, -0.25) is 0 Å². The Hall–Kier alpha value is -5.14. The maximum Gasteiger partial charge on any atom is 0.0541 e. The standard InChI is InChI=1S/C38H27N/c1-3-29-30(4-2)38(34-19-9-8-18-33(34)37(29)26-14-6-5-7-15-26)27-22-24-28(25-23-27)39-35-20-12-10-16-31(35)32-17-11-13-21-36(32)39/h3-25H,1-2H2. The van der Waals surface area contributed by atoms with E-state index in [4.69, 9.17) is 0 Å². The van der Waals surface area contributed by atoms with Gasteiger partial charge in [-0.1, -0.05) is 128 Å². The van der Waals surface area contributed by atoms with Crippen LogP contribution in [0, 0.1) is 0 Å². The average molecular weight is 498 g/mol. The second-order valence-electron chi connectivity index (χ2n) is 9.81. The molecule has 0 fully saturated rings. The zero-order chi connectivity index (χ0) is 26.3. The summed E-state index contributed by atoms with van der Waals surface area (Å²) in [5.41, 5.74) is 10.5. The summed E-state index contributed by atoms with van der Waals surface area (Å²) in [5.74, 6) is 0. The van der Waals surface area contributed by atoms with Crippen molar-refractivity contribution in [1.82, 2.24) is 4.57 Å². The molecule has 1 aromatic heterocycles. The highest BCUT2D eigenvalue weighted by molar-refractivity contribution is 6.12. The highest BCUT2D eigenvalue weighted by atomic mass is 15.0. The van der Waals surface area contributed by atoms with Crippen molar-refractivity contribution in [1.29, 1.82) is 0 Å². The minimum Gasteiger partial charge on any atom is -0.309 e. The molecule has 0 radical (unpaired) electrons. The maximum absolute atomic E-state index is 4.24. The van der Waals surface area contributed by atoms with Gasteiger partial charge in [-0.25, -0.2) is 0 Å². The third-order valence-corrected chi connectivity index (χ3v) is 7.76. The zero-order valence-electron chi connectivity index (χ0n) is 21.6. The van der Waals surface area contributed by atoms with E-state index in [1.807, 2.05) is 12.2 Å². The van der Waals surface area contributed by atoms with Crippen LogP contribution in [-0.4, -0.2) is 4.57 Å². The molecule has 0 N–H and O–H groups in total. The molecule has 184 valence electrons. The number of nitrogens with zero attached hydrogens (tertiary/aromatic N) is 1. The van der Waals surface area contributed by atoms with E-state index < -0.39 is 0 Å². The number of hydrogen-bond acceptors (Lipinski definition) is 0. The molecular weight excluding hydrogens is 470 g/mol. The second-order valence-corrected chi connectivity index (χ2v) is 9.81. The number of hydrogen-bond donors (Lipinski definition) is 0. The molecule has 1 heteroatoms. The quantitative estimate of drug-likeness (QED) is 0.223. The SMILES string of the molecule is C=Cc1c(C=C)c(-c2ccc(-n3c4ccccc4c4ccccc43)cc2)c2ccccc2c1-c1ccccc1. The molecule has 1 nitrogen and oxygen atoms in total. The van der Waals surface area contributed by atoms with Crippen LogP contribution in [0.2, 0.25) is 0 Å². The molecule has 7 aromatic rings. The first-order valence-electron chi connectivity index (χ1n) is 13.3. The Kier molecular flexibility index (Phi) is 5.49. The maximum atomic E-state index is 4.24. The third kappa shape index (κ3) is 3.55. The highest BCUT2D eigenvalue weighted by Crippen LogP contribution is 2.43. The van der Waals surface area contributed by atoms with Crippen molar-refractivity contribution in [3.8, 4) is 27.9 Å². The largest absolute Gasteiger partial charge is 0.309 e. The van der Waals surface area contributed by atoms with Gasteiger partial charge in [-0.15, -0.1) is 0 Å². The fraction of sp³-hybridized carbons (Fsp3) is 0. The van der Waals surface area contributed by atoms with E-state index in [1.165, 1.54) is 49.3 Å². The number of rotatable bonds is 5. The summed E-state index contributed by atoms with van der Waals surface area (Å²) in [6, 6.07) is 45.4. The Morgan fingerprint density at radius 2 is 0.821 bits per heavy atom. The number of benzene rings is 6. The van der Waals surface area contributed by atoms with Crippen LogP contribution in [0.25, 0.3) is 72.7 Å². The molecule has 6 aromatic carbocycles. The lowest BCUT2D eigenvalue weighted by Crippen LogP contribution is -1.97. The molecule has 0 spiro atoms. The molecule has 0 aliphatic carbocycles. The van der Waals surface area contributed by atoms with Crippen molar-refractivity contribution in [3.05, 3.63) is 152 Å². The Bertz CT molecular complexity index is 1970. The minimum absolute atomic E-state index is 1.10. The van der Waals surface area contributed by atoms with Crippen molar-refractivity contribution in [2.45, 2.75) is 0 Å². The van der Waals surface area contributed by atoms with Crippen molar-refractivity contribution < 1.29 is 0 Å². The van der Waals surface area contributed by atoms with Gasteiger partial charge in [0.1, 0.15) is 0 Å². The van der Waals surface area contributed by atoms with Crippen LogP contribution in [-0.2, 0) is 0 Å². The van der Waals surface area contributed by atoms with Gasteiger partial charge in [0.25, 0.3) is 0 Å². The topological polar surface area (TPSA) is 4.93 Å². The van der Waals surface area contributed by atoms with Gasteiger partial charge >= 0.3 is 0 Å². The fourth-order valence-corrected chi connectivity index (χ4v) is 6.11. The van der Waals surface area contributed by atoms with Gasteiger partial charge in [-0.05, 0) is 68.4 Å². The second kappa shape index (κ2) is 9.31. The molecule has 0 aliphatic rings. The Morgan fingerprint density at radius 3 is 1.31 bits per heavy atom. The molecule has 0 saturated carbocycles. The lowest BCUT2D eigenvalue weighted by atomic mass is 9.83. The Balaban J connectivity index is 1.47. The molecular formula is C38H27N. The smallest absolute Gasteiger partial charge is 0.0541 e. The molecule has 1 heterocycles. The normalized spacial score (nSPS) is 11.3. The Labute approximate surface area is 228 Å². The first-order chi connectivity index (χ1) is 19.3. The summed E-state index contributed by atoms with van der Waals surface area (Å²) >= 11 is 0. The van der Waals surface area contributed by atoms with Crippen LogP contribution in [0.15, 0.2) is 141 Å². The third-order valence-electron chi connectivity index (χ3n) is 7.76. The molecule has 0 bridgehead atoms. The van der Waals surface area contributed by atoms with Gasteiger partial charge in [-0.2, -0.15) is 0 Å². The Morgan fingerprint density at radius 1 is 0.410 bits per heavy atom. The monoisotopic (exact) mass is 497 g/mol. The first-order valence-corrected chi connectivity index (χ1v) is 13.3. The molecule has 39 heavy (non-hydrogen) atoms. The molecule has 0 saturated heterocycles. The number of fused-ring (bicyclic) bond motifs is 4. The highest BCUT2D eigenvalue weighted by Gasteiger charge is 2.19. The van der Waals surface area contributed by atoms with Crippen molar-refractivity contribution in [3.63, 3.8) is 0 Å². The summed E-state index contributed by atoms with van der Waals surface area (Å²) in [5, 5.41) is 4.96. The number of aromatic nitrogens is 1. The van der Waals surface area contributed by atoms with Gasteiger partial charge < -0.3 is 4.57 Å². The summed E-state index contributed by atoms with van der Waals surface area (Å²) in [6.07, 6.45) is 3.95. The van der Waals surface area contributed by atoms with E-state index >= 15 is 0 Å². The van der Waals surface area contributed by atoms with E-state index in [2.05, 4.69) is 145 Å². The summed E-state index contributed by atoms with van der Waals surface area (Å²) < 4.78 is 2.36. The lowest BCUT2D eigenvalue weighted by Gasteiger charge is -2.20. The van der Waals surface area contributed by atoms with Gasteiger partial charge in [0, 0.05) is 16.5 Å². The van der Waals surface area contributed by atoms with Crippen molar-refractivity contribution in [2.75, 3.05) is 0 Å². The molecule has 0 aliphatic heterocycles. The van der Waals surface area contributed by atoms with E-state index in [0.29, 0.717) is 0 Å². The van der Waals surface area contributed by atoms with Crippen molar-refractivity contribution in [2.24, 2.45) is 0 Å². The van der Waals surface area contributed by atoms with E-state index in [9.17, 15) is 0 Å². The van der Waals surface area contributed by atoms with Crippen LogP contribution < -0.4 is 0 Å². The van der Waals surface area contributed by atoms with Crippen LogP contribution >= 0.6 is 0 Å². The van der Waals surface area contributed by atoms with E-state index in [0.717, 1.165) is 22.4 Å². The van der Waals surface area contributed by atoms with E-state index in [1.54, 1.807) is 0 Å². The zero-order valence-corrected chi connectivity index (χ0v) is 21.6. The number of para-hydroxylation sites is 2. The lowest BCUT2D eigenvalue weighted by molar-refractivity contribution is 1.18. The van der Waals surface area contributed by atoms with Crippen molar-refractivity contribution >= 4 is 44.7 Å². The molecule has 0 unspecified atom stereocenters. The van der Waals surface area contributed by atoms with Gasteiger partial charge in [0.15, 0.2) is 0 Å². The van der Waals surface area contributed by atoms with Crippen LogP contribution in [0.3, 0.4) is 0 Å². The predicted molar refractivity (Wildman–Crippen MR) is 169 cm³/mol. The molecule has 7 rings (SSSR count). The van der Waals surface area contributed by atoms with Gasteiger partial charge in [0.05, 0.1) is 11.0 Å². The van der Waals surface area contributed by atoms with Crippen LogP contribution in [0.1, 0.15) is 11.1 Å². The first kappa shape index (κ1) is 23.0. The van der Waals surface area contributed by atoms with Gasteiger partial charge in [0.2, 0.25) is 0 Å². The minimum atomic E-state index is 1.10. The predicted octanol–water partition coefficient (Wildman–Crippen LogP) is 10.6.